The number of rotatable bonds is 6. The maximum atomic E-state index is 11.0. The molecule has 32 heavy (non-hydrogen) atoms. The maximum absolute atomic E-state index is 11.0. The average molecular weight is 468 g/mol. The van der Waals surface area contributed by atoms with Gasteiger partial charge in [-0.25, -0.2) is 9.50 Å². The summed E-state index contributed by atoms with van der Waals surface area (Å²) in [5.74, 6) is 0.158. The first kappa shape index (κ1) is 21.3. The predicted octanol–water partition coefficient (Wildman–Crippen LogP) is 3.95. The first-order valence-corrected chi connectivity index (χ1v) is 10.7. The van der Waals surface area contributed by atoms with Gasteiger partial charge >= 0.3 is 0 Å². The van der Waals surface area contributed by atoms with Crippen molar-refractivity contribution in [2.45, 2.75) is 13.3 Å². The highest BCUT2D eigenvalue weighted by atomic mass is 32.1. The number of hydrogen-bond acceptors (Lipinski definition) is 8. The van der Waals surface area contributed by atoms with Gasteiger partial charge in [0, 0.05) is 23.4 Å². The number of aromatic hydroxyl groups is 1. The molecule has 3 N–H and O–H groups in total. The summed E-state index contributed by atoms with van der Waals surface area (Å²) in [5.41, 5.74) is 5.37. The lowest BCUT2D eigenvalue weighted by molar-refractivity contribution is -0.384. The van der Waals surface area contributed by atoms with E-state index >= 15 is 0 Å². The number of nitro benzene ring substituents is 1. The molecule has 0 aliphatic carbocycles. The number of imidazole rings is 1. The molecular formula is C20H17N7O3S2. The van der Waals surface area contributed by atoms with Crippen LogP contribution in [0.15, 0.2) is 53.6 Å². The Morgan fingerprint density at radius 1 is 1.28 bits per heavy atom. The Kier molecular flexibility index (Phi) is 6.05. The Bertz CT molecular complexity index is 1310. The second-order valence-corrected chi connectivity index (χ2v) is 8.01. The Morgan fingerprint density at radius 3 is 2.66 bits per heavy atom. The van der Waals surface area contributed by atoms with Crippen molar-refractivity contribution in [1.29, 1.82) is 0 Å². The molecule has 0 saturated heterocycles. The van der Waals surface area contributed by atoms with Crippen molar-refractivity contribution < 1.29 is 10.0 Å². The normalized spacial score (nSPS) is 11.2. The average Bonchev–Trinajstić information content (AvgIpc) is 3.34. The van der Waals surface area contributed by atoms with E-state index in [4.69, 9.17) is 12.2 Å². The Labute approximate surface area is 191 Å². The van der Waals surface area contributed by atoms with Crippen LogP contribution in [0.25, 0.3) is 16.2 Å². The van der Waals surface area contributed by atoms with E-state index in [1.807, 2.05) is 6.92 Å². The van der Waals surface area contributed by atoms with Crippen molar-refractivity contribution in [3.8, 4) is 17.0 Å². The largest absolute Gasteiger partial charge is 0.508 e. The third-order valence-electron chi connectivity index (χ3n) is 4.41. The Morgan fingerprint density at radius 2 is 2.00 bits per heavy atom. The number of non-ortho nitro benzene ring substituents is 1. The minimum atomic E-state index is -0.445. The van der Waals surface area contributed by atoms with Gasteiger partial charge in [-0.2, -0.15) is 10.2 Å². The molecule has 0 atom stereocenters. The van der Waals surface area contributed by atoms with Gasteiger partial charge in [-0.15, -0.1) is 0 Å². The van der Waals surface area contributed by atoms with Crippen molar-refractivity contribution in [3.05, 3.63) is 69.3 Å². The number of hydrazone groups is 1. The summed E-state index contributed by atoms with van der Waals surface area (Å²) < 4.78 is 1.70. The zero-order valence-corrected chi connectivity index (χ0v) is 18.4. The van der Waals surface area contributed by atoms with Gasteiger partial charge in [-0.05, 0) is 55.0 Å². The Hall–Kier alpha value is -3.90. The summed E-state index contributed by atoms with van der Waals surface area (Å²) in [6.45, 7) is 2.01. The fourth-order valence-corrected chi connectivity index (χ4v) is 3.88. The van der Waals surface area contributed by atoms with Crippen LogP contribution in [0, 0.1) is 10.1 Å². The molecule has 0 aliphatic heterocycles. The number of phenolic OH excluding ortho intramolecular Hbond substituents is 1. The molecule has 0 radical (unpaired) electrons. The summed E-state index contributed by atoms with van der Waals surface area (Å²) >= 11 is 6.72. The summed E-state index contributed by atoms with van der Waals surface area (Å²) in [6.07, 6.45) is 2.33. The lowest BCUT2D eigenvalue weighted by atomic mass is 10.1. The van der Waals surface area contributed by atoms with Gasteiger partial charge < -0.3 is 10.4 Å². The molecule has 2 aromatic heterocycles. The molecule has 0 fully saturated rings. The predicted molar refractivity (Wildman–Crippen MR) is 127 cm³/mol. The standard InChI is InChI=1S/C20H17N7O3S2/c1-2-17-25-26-16(11-21-24-19(31)22-13-5-9-15(28)10-6-13)18(23-20(26)32-17)12-3-7-14(8-4-12)27(29)30/h3-11,28H,2H2,1H3,(H2,22,24,31)/b21-11+. The fraction of sp³-hybridized carbons (Fsp3) is 0.100. The van der Waals surface area contributed by atoms with Crippen LogP contribution >= 0.6 is 23.6 Å². The second-order valence-electron chi connectivity index (χ2n) is 6.56. The van der Waals surface area contributed by atoms with Crippen LogP contribution in [0.1, 0.15) is 17.6 Å². The molecule has 0 aliphatic rings. The van der Waals surface area contributed by atoms with E-state index in [2.05, 4.69) is 25.9 Å². The molecule has 12 heteroatoms. The first-order valence-electron chi connectivity index (χ1n) is 9.47. The molecule has 0 saturated carbocycles. The lowest BCUT2D eigenvalue weighted by Crippen LogP contribution is -2.23. The van der Waals surface area contributed by atoms with E-state index in [0.717, 1.165) is 11.4 Å². The second kappa shape index (κ2) is 9.08. The van der Waals surface area contributed by atoms with Crippen LogP contribution < -0.4 is 10.7 Å². The summed E-state index contributed by atoms with van der Waals surface area (Å²) in [4.78, 5) is 15.9. The quantitative estimate of drug-likeness (QED) is 0.128. The third-order valence-corrected chi connectivity index (χ3v) is 5.66. The highest BCUT2D eigenvalue weighted by molar-refractivity contribution is 7.80. The van der Waals surface area contributed by atoms with E-state index < -0.39 is 4.92 Å². The molecule has 0 amide bonds. The minimum Gasteiger partial charge on any atom is -0.508 e. The number of phenols is 1. The molecule has 10 nitrogen and oxygen atoms in total. The van der Waals surface area contributed by atoms with Crippen molar-refractivity contribution in [2.24, 2.45) is 5.10 Å². The van der Waals surface area contributed by atoms with Crippen LogP contribution in [0.3, 0.4) is 0 Å². The number of thiocarbonyl (C=S) groups is 1. The topological polar surface area (TPSA) is 130 Å². The molecule has 0 spiro atoms. The van der Waals surface area contributed by atoms with Gasteiger partial charge in [0.25, 0.3) is 5.69 Å². The number of nitrogens with zero attached hydrogens (tertiary/aromatic N) is 5. The molecule has 2 heterocycles. The van der Waals surface area contributed by atoms with Crippen molar-refractivity contribution in [1.82, 2.24) is 20.0 Å². The summed E-state index contributed by atoms with van der Waals surface area (Å²) in [5, 5.41) is 33.2. The van der Waals surface area contributed by atoms with Gasteiger partial charge in [0.1, 0.15) is 22.1 Å². The number of anilines is 1. The molecule has 4 aromatic rings. The van der Waals surface area contributed by atoms with Gasteiger partial charge in [0.2, 0.25) is 4.96 Å². The van der Waals surface area contributed by atoms with E-state index in [9.17, 15) is 15.2 Å². The van der Waals surface area contributed by atoms with Gasteiger partial charge in [-0.1, -0.05) is 18.3 Å². The Balaban J connectivity index is 1.60. The van der Waals surface area contributed by atoms with Crippen LogP contribution in [0.2, 0.25) is 0 Å². The van der Waals surface area contributed by atoms with Crippen LogP contribution in [0.5, 0.6) is 5.75 Å². The SMILES string of the molecule is CCc1nn2c(/C=N/NC(=S)Nc3ccc(O)cc3)c(-c3ccc([N+](=O)[O-])cc3)nc2s1. The third kappa shape index (κ3) is 4.55. The van der Waals surface area contributed by atoms with Gasteiger partial charge in [-0.3, -0.25) is 15.5 Å². The van der Waals surface area contributed by atoms with Crippen molar-refractivity contribution >= 4 is 51.2 Å². The molecule has 0 bridgehead atoms. The van der Waals surface area contributed by atoms with E-state index in [1.165, 1.54) is 23.5 Å². The molecule has 2 aromatic carbocycles. The van der Waals surface area contributed by atoms with Crippen LogP contribution in [-0.4, -0.2) is 36.0 Å². The molecular weight excluding hydrogens is 450 g/mol. The number of hydrogen-bond donors (Lipinski definition) is 3. The van der Waals surface area contributed by atoms with Gasteiger partial charge in [0.05, 0.1) is 11.1 Å². The maximum Gasteiger partial charge on any atom is 0.269 e. The van der Waals surface area contributed by atoms with Crippen molar-refractivity contribution in [3.63, 3.8) is 0 Å². The lowest BCUT2D eigenvalue weighted by Gasteiger charge is -2.06. The highest BCUT2D eigenvalue weighted by Gasteiger charge is 2.17. The smallest absolute Gasteiger partial charge is 0.269 e. The van der Waals surface area contributed by atoms with Crippen LogP contribution in [-0.2, 0) is 6.42 Å². The van der Waals surface area contributed by atoms with Gasteiger partial charge in [0.15, 0.2) is 5.11 Å². The number of nitrogens with one attached hydrogen (secondary N) is 2. The molecule has 0 unspecified atom stereocenters. The number of fused-ring (bicyclic) bond motifs is 1. The van der Waals surface area contributed by atoms with E-state index in [-0.39, 0.29) is 16.5 Å². The number of aromatic nitrogens is 3. The molecule has 162 valence electrons. The zero-order chi connectivity index (χ0) is 22.7. The number of nitro groups is 1. The summed E-state index contributed by atoms with van der Waals surface area (Å²) in [7, 11) is 0. The first-order chi connectivity index (χ1) is 15.4. The van der Waals surface area contributed by atoms with E-state index in [0.29, 0.717) is 27.6 Å². The molecule has 4 rings (SSSR count). The van der Waals surface area contributed by atoms with Crippen LogP contribution in [0.4, 0.5) is 11.4 Å². The number of benzene rings is 2. The van der Waals surface area contributed by atoms with Crippen molar-refractivity contribution in [2.75, 3.05) is 5.32 Å². The summed E-state index contributed by atoms with van der Waals surface area (Å²) in [6, 6.07) is 12.6. The van der Waals surface area contributed by atoms with E-state index in [1.54, 1.807) is 47.1 Å². The fourth-order valence-electron chi connectivity index (χ4n) is 2.87. The minimum absolute atomic E-state index is 0.00343. The monoisotopic (exact) mass is 467 g/mol. The number of aryl methyl sites for hydroxylation is 1. The highest BCUT2D eigenvalue weighted by Crippen LogP contribution is 2.27. The zero-order valence-electron chi connectivity index (χ0n) is 16.7.